The van der Waals surface area contributed by atoms with E-state index in [0.29, 0.717) is 5.57 Å². The summed E-state index contributed by atoms with van der Waals surface area (Å²) in [7, 11) is 0. The highest BCUT2D eigenvalue weighted by molar-refractivity contribution is 6.05. The minimum atomic E-state index is -0.444. The van der Waals surface area contributed by atoms with Crippen LogP contribution in [0.15, 0.2) is 11.6 Å². The number of carbonyl (C=O) groups excluding carboxylic acids is 2. The van der Waals surface area contributed by atoms with Crippen LogP contribution in [-0.4, -0.2) is 23.5 Å². The first-order chi connectivity index (χ1) is 4.72. The second kappa shape index (κ2) is 2.62. The van der Waals surface area contributed by atoms with Gasteiger partial charge in [0.05, 0.1) is 13.0 Å². The van der Waals surface area contributed by atoms with Gasteiger partial charge in [0.25, 0.3) is 5.91 Å². The highest BCUT2D eigenvalue weighted by atomic mass is 16.3. The summed E-state index contributed by atoms with van der Waals surface area (Å²) >= 11 is 0. The van der Waals surface area contributed by atoms with E-state index >= 15 is 0 Å². The molecule has 1 aliphatic rings. The molecule has 0 aromatic rings. The van der Waals surface area contributed by atoms with E-state index in [1.807, 2.05) is 0 Å². The van der Waals surface area contributed by atoms with Crippen LogP contribution in [0.2, 0.25) is 0 Å². The SMILES string of the molecule is O=C1C=C(CO)CC(=O)N1. The van der Waals surface area contributed by atoms with Crippen molar-refractivity contribution in [2.45, 2.75) is 6.42 Å². The maximum absolute atomic E-state index is 10.6. The normalized spacial score (nSPS) is 18.3. The van der Waals surface area contributed by atoms with Crippen molar-refractivity contribution in [1.82, 2.24) is 5.32 Å². The highest BCUT2D eigenvalue weighted by Gasteiger charge is 2.14. The number of nitrogens with one attached hydrogen (secondary N) is 1. The van der Waals surface area contributed by atoms with Crippen LogP contribution in [0.4, 0.5) is 0 Å². The first kappa shape index (κ1) is 6.95. The first-order valence-corrected chi connectivity index (χ1v) is 2.86. The smallest absolute Gasteiger partial charge is 0.250 e. The molecule has 0 aromatic heterocycles. The van der Waals surface area contributed by atoms with Crippen molar-refractivity contribution in [3.63, 3.8) is 0 Å². The van der Waals surface area contributed by atoms with Crippen molar-refractivity contribution in [3.8, 4) is 0 Å². The molecule has 0 spiro atoms. The van der Waals surface area contributed by atoms with E-state index in [4.69, 9.17) is 5.11 Å². The van der Waals surface area contributed by atoms with Gasteiger partial charge in [-0.3, -0.25) is 14.9 Å². The number of aliphatic hydroxyl groups excluding tert-OH is 1. The summed E-state index contributed by atoms with van der Waals surface area (Å²) in [5, 5.41) is 10.6. The van der Waals surface area contributed by atoms with Crippen molar-refractivity contribution in [2.75, 3.05) is 6.61 Å². The van der Waals surface area contributed by atoms with Crippen molar-refractivity contribution < 1.29 is 14.7 Å². The zero-order valence-electron chi connectivity index (χ0n) is 5.26. The molecule has 0 saturated heterocycles. The molecule has 2 amide bonds. The van der Waals surface area contributed by atoms with Crippen LogP contribution in [0, 0.1) is 0 Å². The van der Waals surface area contributed by atoms with Crippen LogP contribution in [0.1, 0.15) is 6.42 Å². The minimum absolute atomic E-state index is 0.127. The zero-order chi connectivity index (χ0) is 7.56. The summed E-state index contributed by atoms with van der Waals surface area (Å²) in [6.07, 6.45) is 1.36. The molecule has 0 atom stereocenters. The van der Waals surface area contributed by atoms with Gasteiger partial charge in [0.15, 0.2) is 0 Å². The third-order valence-corrected chi connectivity index (χ3v) is 1.19. The van der Waals surface area contributed by atoms with Gasteiger partial charge in [-0.25, -0.2) is 0 Å². The van der Waals surface area contributed by atoms with Crippen molar-refractivity contribution in [1.29, 1.82) is 0 Å². The fraction of sp³-hybridized carbons (Fsp3) is 0.333. The fourth-order valence-electron chi connectivity index (χ4n) is 0.762. The predicted octanol–water partition coefficient (Wildman–Crippen LogP) is -1.05. The van der Waals surface area contributed by atoms with Crippen LogP contribution in [0.25, 0.3) is 0 Å². The Morgan fingerprint density at radius 1 is 1.60 bits per heavy atom. The third-order valence-electron chi connectivity index (χ3n) is 1.19. The van der Waals surface area contributed by atoms with Gasteiger partial charge in [0, 0.05) is 6.08 Å². The van der Waals surface area contributed by atoms with Gasteiger partial charge in [-0.05, 0) is 5.57 Å². The molecular formula is C6H7NO3. The van der Waals surface area contributed by atoms with Gasteiger partial charge in [-0.15, -0.1) is 0 Å². The highest BCUT2D eigenvalue weighted by Crippen LogP contribution is 2.03. The topological polar surface area (TPSA) is 66.4 Å². The van der Waals surface area contributed by atoms with Crippen LogP contribution < -0.4 is 5.32 Å². The van der Waals surface area contributed by atoms with Crippen LogP contribution in [-0.2, 0) is 9.59 Å². The molecule has 0 saturated carbocycles. The second-order valence-electron chi connectivity index (χ2n) is 2.05. The quantitative estimate of drug-likeness (QED) is 0.458. The lowest BCUT2D eigenvalue weighted by Gasteiger charge is -2.08. The van der Waals surface area contributed by atoms with E-state index in [9.17, 15) is 9.59 Å². The number of carbonyl (C=O) groups is 2. The minimum Gasteiger partial charge on any atom is -0.392 e. The number of aliphatic hydroxyl groups is 1. The van der Waals surface area contributed by atoms with E-state index in [1.165, 1.54) is 6.08 Å². The largest absolute Gasteiger partial charge is 0.392 e. The van der Waals surface area contributed by atoms with E-state index in [0.717, 1.165) is 0 Å². The Hall–Kier alpha value is -1.16. The van der Waals surface area contributed by atoms with Crippen LogP contribution in [0.3, 0.4) is 0 Å². The monoisotopic (exact) mass is 141 g/mol. The summed E-state index contributed by atoms with van der Waals surface area (Å²) in [4.78, 5) is 21.1. The molecule has 1 heterocycles. The molecule has 2 N–H and O–H groups in total. The van der Waals surface area contributed by atoms with Crippen molar-refractivity contribution >= 4 is 11.8 Å². The lowest BCUT2D eigenvalue weighted by Crippen LogP contribution is -2.33. The fourth-order valence-corrected chi connectivity index (χ4v) is 0.762. The first-order valence-electron chi connectivity index (χ1n) is 2.86. The molecule has 1 rings (SSSR count). The lowest BCUT2D eigenvalue weighted by molar-refractivity contribution is -0.128. The van der Waals surface area contributed by atoms with Gasteiger partial charge < -0.3 is 5.11 Å². The Kier molecular flexibility index (Phi) is 1.82. The molecule has 4 heteroatoms. The second-order valence-corrected chi connectivity index (χ2v) is 2.05. The average molecular weight is 141 g/mol. The zero-order valence-corrected chi connectivity index (χ0v) is 5.26. The average Bonchev–Trinajstić information content (AvgIpc) is 1.85. The molecule has 4 nitrogen and oxygen atoms in total. The summed E-state index contributed by atoms with van der Waals surface area (Å²) in [6.45, 7) is -0.223. The number of hydrogen-bond donors (Lipinski definition) is 2. The Labute approximate surface area is 57.5 Å². The molecule has 0 bridgehead atoms. The number of hydrogen-bond acceptors (Lipinski definition) is 3. The summed E-state index contributed by atoms with van der Waals surface area (Å²) in [5.74, 6) is -0.795. The molecule has 1 aliphatic heterocycles. The van der Waals surface area contributed by atoms with Gasteiger partial charge >= 0.3 is 0 Å². The maximum atomic E-state index is 10.6. The molecule has 54 valence electrons. The number of imide groups is 1. The van der Waals surface area contributed by atoms with Gasteiger partial charge in [-0.2, -0.15) is 0 Å². The van der Waals surface area contributed by atoms with Crippen molar-refractivity contribution in [3.05, 3.63) is 11.6 Å². The molecule has 0 radical (unpaired) electrons. The molecule has 0 fully saturated rings. The van der Waals surface area contributed by atoms with Crippen LogP contribution >= 0.6 is 0 Å². The Bertz CT molecular complexity index is 207. The van der Waals surface area contributed by atoms with E-state index in [2.05, 4.69) is 5.32 Å². The summed E-state index contributed by atoms with van der Waals surface area (Å²) < 4.78 is 0. The molecule has 0 aromatic carbocycles. The molecule has 0 unspecified atom stereocenters. The van der Waals surface area contributed by atoms with Gasteiger partial charge in [-0.1, -0.05) is 0 Å². The third kappa shape index (κ3) is 1.41. The van der Waals surface area contributed by atoms with Gasteiger partial charge in [0.1, 0.15) is 0 Å². The molecular weight excluding hydrogens is 134 g/mol. The Balaban J connectivity index is 2.74. The molecule has 0 aliphatic carbocycles. The summed E-state index contributed by atoms with van der Waals surface area (Å²) in [6, 6.07) is 0. The lowest BCUT2D eigenvalue weighted by atomic mass is 10.1. The van der Waals surface area contributed by atoms with E-state index in [1.54, 1.807) is 0 Å². The van der Waals surface area contributed by atoms with Gasteiger partial charge in [0.2, 0.25) is 5.91 Å². The van der Waals surface area contributed by atoms with Crippen LogP contribution in [0.5, 0.6) is 0 Å². The summed E-state index contributed by atoms with van der Waals surface area (Å²) in [5.41, 5.74) is 0.466. The Morgan fingerprint density at radius 2 is 2.30 bits per heavy atom. The predicted molar refractivity (Wildman–Crippen MR) is 32.9 cm³/mol. The Morgan fingerprint density at radius 3 is 2.80 bits per heavy atom. The maximum Gasteiger partial charge on any atom is 0.250 e. The van der Waals surface area contributed by atoms with E-state index < -0.39 is 5.91 Å². The number of amides is 2. The van der Waals surface area contributed by atoms with E-state index in [-0.39, 0.29) is 18.9 Å². The molecule has 10 heavy (non-hydrogen) atoms. The number of rotatable bonds is 1. The standard InChI is InChI=1S/C6H7NO3/c8-3-4-1-5(9)7-6(10)2-4/h1,8H,2-3H2,(H,7,9,10). The van der Waals surface area contributed by atoms with Crippen molar-refractivity contribution in [2.24, 2.45) is 0 Å².